The summed E-state index contributed by atoms with van der Waals surface area (Å²) >= 11 is 6.05. The Morgan fingerprint density at radius 2 is 2.04 bits per heavy atom. The van der Waals surface area contributed by atoms with E-state index in [4.69, 9.17) is 11.6 Å². The van der Waals surface area contributed by atoms with Crippen molar-refractivity contribution >= 4 is 34.3 Å². The molecule has 6 heteroatoms. The Morgan fingerprint density at radius 1 is 1.29 bits per heavy atom. The zero-order valence-corrected chi connectivity index (χ0v) is 13.9. The molecule has 0 aliphatic rings. The van der Waals surface area contributed by atoms with Crippen molar-refractivity contribution in [2.24, 2.45) is 0 Å². The summed E-state index contributed by atoms with van der Waals surface area (Å²) in [5, 5.41) is 10.6. The van der Waals surface area contributed by atoms with Crippen molar-refractivity contribution in [3.63, 3.8) is 0 Å². The minimum atomic E-state index is -1.01. The van der Waals surface area contributed by atoms with Gasteiger partial charge in [-0.05, 0) is 43.7 Å². The van der Waals surface area contributed by atoms with E-state index in [0.29, 0.717) is 27.2 Å². The molecule has 2 N–H and O–H groups in total. The summed E-state index contributed by atoms with van der Waals surface area (Å²) in [6.07, 6.45) is 1.54. The van der Waals surface area contributed by atoms with Crippen LogP contribution in [0.15, 0.2) is 36.5 Å². The third-order valence-electron chi connectivity index (χ3n) is 4.06. The predicted octanol–water partition coefficient (Wildman–Crippen LogP) is 3.94. The zero-order chi connectivity index (χ0) is 17.4. The number of nitrogens with zero attached hydrogens (tertiary/aromatic N) is 1. The number of fused-ring (bicyclic) bond motifs is 1. The van der Waals surface area contributed by atoms with Gasteiger partial charge in [0, 0.05) is 27.7 Å². The van der Waals surface area contributed by atoms with Gasteiger partial charge in [0.1, 0.15) is 5.69 Å². The molecule has 0 saturated carbocycles. The minimum absolute atomic E-state index is 0.240. The van der Waals surface area contributed by atoms with Crippen LogP contribution < -0.4 is 0 Å². The van der Waals surface area contributed by atoms with Crippen molar-refractivity contribution in [3.05, 3.63) is 64.1 Å². The first-order chi connectivity index (χ1) is 11.4. The number of nitrogens with one attached hydrogen (secondary N) is 1. The smallest absolute Gasteiger partial charge is 0.310 e. The number of halogens is 1. The number of hydrogen-bond acceptors (Lipinski definition) is 3. The molecular formula is C18H15ClN2O3. The molecule has 1 unspecified atom stereocenters. The van der Waals surface area contributed by atoms with Crippen molar-refractivity contribution in [2.75, 3.05) is 0 Å². The number of carbonyl (C=O) groups excluding carboxylic acids is 1. The molecule has 5 nitrogen and oxygen atoms in total. The number of carboxylic acids is 1. The summed E-state index contributed by atoms with van der Waals surface area (Å²) in [5.41, 5.74) is 2.36. The molecule has 0 amide bonds. The number of aryl methyl sites for hydroxylation is 1. The number of rotatable bonds is 4. The lowest BCUT2D eigenvalue weighted by Crippen LogP contribution is -2.14. The van der Waals surface area contributed by atoms with E-state index in [0.717, 1.165) is 5.56 Å². The first-order valence-electron chi connectivity index (χ1n) is 7.40. The van der Waals surface area contributed by atoms with Gasteiger partial charge in [-0.3, -0.25) is 14.6 Å². The Balaban J connectivity index is 2.27. The van der Waals surface area contributed by atoms with Gasteiger partial charge in [-0.2, -0.15) is 0 Å². The SMILES string of the molecule is Cc1cccnc1C(=O)c1[nH]c2ccc(Cl)cc2c1C(C)C(=O)O. The van der Waals surface area contributed by atoms with Gasteiger partial charge < -0.3 is 10.1 Å². The molecule has 0 bridgehead atoms. The second kappa shape index (κ2) is 6.09. The Morgan fingerprint density at radius 3 is 2.71 bits per heavy atom. The highest BCUT2D eigenvalue weighted by Crippen LogP contribution is 2.32. The summed E-state index contributed by atoms with van der Waals surface area (Å²) in [5.74, 6) is -2.20. The molecule has 0 spiro atoms. The number of H-pyrrole nitrogens is 1. The van der Waals surface area contributed by atoms with Crippen molar-refractivity contribution in [2.45, 2.75) is 19.8 Å². The number of aliphatic carboxylic acids is 1. The Labute approximate surface area is 143 Å². The van der Waals surface area contributed by atoms with E-state index in [9.17, 15) is 14.7 Å². The molecule has 0 radical (unpaired) electrons. The highest BCUT2D eigenvalue weighted by molar-refractivity contribution is 6.31. The average molecular weight is 343 g/mol. The Kier molecular flexibility index (Phi) is 4.11. The second-order valence-corrected chi connectivity index (χ2v) is 6.10. The second-order valence-electron chi connectivity index (χ2n) is 5.66. The van der Waals surface area contributed by atoms with Gasteiger partial charge in [0.25, 0.3) is 0 Å². The number of aromatic nitrogens is 2. The molecular weight excluding hydrogens is 328 g/mol. The van der Waals surface area contributed by atoms with Crippen LogP contribution in [0.4, 0.5) is 0 Å². The Bertz CT molecular complexity index is 962. The molecule has 2 heterocycles. The third-order valence-corrected chi connectivity index (χ3v) is 4.29. The molecule has 122 valence electrons. The van der Waals surface area contributed by atoms with E-state index in [1.165, 1.54) is 0 Å². The molecule has 1 atom stereocenters. The van der Waals surface area contributed by atoms with E-state index in [1.807, 2.05) is 0 Å². The summed E-state index contributed by atoms with van der Waals surface area (Å²) in [6, 6.07) is 8.63. The molecule has 0 aliphatic carbocycles. The van der Waals surface area contributed by atoms with Gasteiger partial charge in [-0.15, -0.1) is 0 Å². The molecule has 3 rings (SSSR count). The van der Waals surface area contributed by atoms with Crippen LogP contribution >= 0.6 is 11.6 Å². The Hall–Kier alpha value is -2.66. The maximum absolute atomic E-state index is 12.9. The molecule has 1 aromatic carbocycles. The summed E-state index contributed by atoms with van der Waals surface area (Å²) in [7, 11) is 0. The largest absolute Gasteiger partial charge is 0.481 e. The summed E-state index contributed by atoms with van der Waals surface area (Å²) in [6.45, 7) is 3.34. The van der Waals surface area contributed by atoms with Gasteiger partial charge in [0.2, 0.25) is 5.78 Å². The fourth-order valence-corrected chi connectivity index (χ4v) is 2.95. The van der Waals surface area contributed by atoms with Crippen molar-refractivity contribution < 1.29 is 14.7 Å². The van der Waals surface area contributed by atoms with Crippen molar-refractivity contribution in [1.82, 2.24) is 9.97 Å². The molecule has 0 fully saturated rings. The third kappa shape index (κ3) is 2.67. The van der Waals surface area contributed by atoms with Gasteiger partial charge in [0.05, 0.1) is 11.6 Å². The normalized spacial score (nSPS) is 12.3. The fraction of sp³-hybridized carbons (Fsp3) is 0.167. The van der Waals surface area contributed by atoms with Crippen molar-refractivity contribution in [3.8, 4) is 0 Å². The quantitative estimate of drug-likeness (QED) is 0.703. The van der Waals surface area contributed by atoms with Crippen LogP contribution in [0.3, 0.4) is 0 Å². The van der Waals surface area contributed by atoms with E-state index in [-0.39, 0.29) is 11.5 Å². The van der Waals surface area contributed by atoms with E-state index in [1.54, 1.807) is 50.4 Å². The zero-order valence-electron chi connectivity index (χ0n) is 13.1. The van der Waals surface area contributed by atoms with Crippen LogP contribution in [-0.4, -0.2) is 26.8 Å². The first kappa shape index (κ1) is 16.2. The lowest BCUT2D eigenvalue weighted by Gasteiger charge is -2.09. The highest BCUT2D eigenvalue weighted by Gasteiger charge is 2.27. The molecule has 2 aromatic heterocycles. The number of carboxylic acid groups (broad SMARTS) is 1. The molecule has 3 aromatic rings. The maximum Gasteiger partial charge on any atom is 0.310 e. The lowest BCUT2D eigenvalue weighted by atomic mass is 9.95. The van der Waals surface area contributed by atoms with E-state index < -0.39 is 11.9 Å². The number of carbonyl (C=O) groups is 2. The van der Waals surface area contributed by atoms with E-state index in [2.05, 4.69) is 9.97 Å². The number of pyridine rings is 1. The molecule has 0 aliphatic heterocycles. The van der Waals surface area contributed by atoms with E-state index >= 15 is 0 Å². The first-order valence-corrected chi connectivity index (χ1v) is 7.78. The van der Waals surface area contributed by atoms with Gasteiger partial charge in [0.15, 0.2) is 0 Å². The average Bonchev–Trinajstić information content (AvgIpc) is 2.92. The molecule has 24 heavy (non-hydrogen) atoms. The van der Waals surface area contributed by atoms with Crippen LogP contribution in [-0.2, 0) is 4.79 Å². The molecule has 0 saturated heterocycles. The summed E-state index contributed by atoms with van der Waals surface area (Å²) < 4.78 is 0. The topological polar surface area (TPSA) is 83.0 Å². The standard InChI is InChI=1S/C18H15ClN2O3/c1-9-4-3-7-20-15(9)17(22)16-14(10(2)18(23)24)12-8-11(19)5-6-13(12)21-16/h3-8,10,21H,1-2H3,(H,23,24). The maximum atomic E-state index is 12.9. The number of aromatic amines is 1. The van der Waals surface area contributed by atoms with Crippen LogP contribution in [0.25, 0.3) is 10.9 Å². The highest BCUT2D eigenvalue weighted by atomic mass is 35.5. The van der Waals surface area contributed by atoms with Crippen LogP contribution in [0.2, 0.25) is 5.02 Å². The van der Waals surface area contributed by atoms with Gasteiger partial charge in [-0.25, -0.2) is 0 Å². The lowest BCUT2D eigenvalue weighted by molar-refractivity contribution is -0.138. The number of ketones is 1. The van der Waals surface area contributed by atoms with Crippen LogP contribution in [0, 0.1) is 6.92 Å². The number of benzene rings is 1. The van der Waals surface area contributed by atoms with Gasteiger partial charge in [-0.1, -0.05) is 17.7 Å². The monoisotopic (exact) mass is 342 g/mol. The van der Waals surface area contributed by atoms with Crippen LogP contribution in [0.5, 0.6) is 0 Å². The minimum Gasteiger partial charge on any atom is -0.481 e. The van der Waals surface area contributed by atoms with Crippen LogP contribution in [0.1, 0.15) is 40.2 Å². The van der Waals surface area contributed by atoms with Crippen molar-refractivity contribution in [1.29, 1.82) is 0 Å². The summed E-state index contributed by atoms with van der Waals surface area (Å²) in [4.78, 5) is 31.7. The van der Waals surface area contributed by atoms with Gasteiger partial charge >= 0.3 is 5.97 Å². The predicted molar refractivity (Wildman–Crippen MR) is 91.8 cm³/mol. The fourth-order valence-electron chi connectivity index (χ4n) is 2.78. The number of hydrogen-bond donors (Lipinski definition) is 2.